The van der Waals surface area contributed by atoms with Gasteiger partial charge in [-0.1, -0.05) is 6.92 Å². The molecule has 3 heteroatoms. The van der Waals surface area contributed by atoms with Crippen molar-refractivity contribution in [3.63, 3.8) is 0 Å². The highest BCUT2D eigenvalue weighted by molar-refractivity contribution is 5.48. The molecule has 0 aliphatic carbocycles. The molecular formula is C13H21NO2. The second-order valence-corrected chi connectivity index (χ2v) is 3.87. The Hall–Kier alpha value is -1.22. The number of likely N-dealkylation sites (N-methyl/N-ethyl adjacent to an activating group) is 1. The Morgan fingerprint density at radius 3 is 2.38 bits per heavy atom. The Balaban J connectivity index is 2.59. The maximum atomic E-state index is 9.56. The first-order valence-electron chi connectivity index (χ1n) is 5.79. The summed E-state index contributed by atoms with van der Waals surface area (Å²) in [4.78, 5) is 2.05. The summed E-state index contributed by atoms with van der Waals surface area (Å²) >= 11 is 0. The number of ether oxygens (including phenoxy) is 1. The molecule has 90 valence electrons. The summed E-state index contributed by atoms with van der Waals surface area (Å²) in [6.45, 7) is 5.29. The first-order chi connectivity index (χ1) is 7.67. The van der Waals surface area contributed by atoms with Gasteiger partial charge < -0.3 is 14.7 Å². The van der Waals surface area contributed by atoms with Crippen LogP contribution in [0.2, 0.25) is 0 Å². The van der Waals surface area contributed by atoms with Crippen LogP contribution >= 0.6 is 0 Å². The molecule has 0 unspecified atom stereocenters. The summed E-state index contributed by atoms with van der Waals surface area (Å²) in [5, 5.41) is 9.56. The van der Waals surface area contributed by atoms with E-state index in [0.29, 0.717) is 13.2 Å². The number of hydrogen-bond donors (Lipinski definition) is 1. The second kappa shape index (κ2) is 6.38. The summed E-state index contributed by atoms with van der Waals surface area (Å²) in [6, 6.07) is 7.92. The van der Waals surface area contributed by atoms with Crippen molar-refractivity contribution < 1.29 is 9.84 Å². The Kier molecular flexibility index (Phi) is 5.12. The normalized spacial score (nSPS) is 12.2. The molecule has 0 radical (unpaired) electrons. The quantitative estimate of drug-likeness (QED) is 0.803. The molecule has 3 nitrogen and oxygen atoms in total. The van der Waals surface area contributed by atoms with Gasteiger partial charge in [0.05, 0.1) is 12.7 Å². The van der Waals surface area contributed by atoms with Gasteiger partial charge in [0.15, 0.2) is 0 Å². The lowest BCUT2D eigenvalue weighted by Crippen LogP contribution is -2.28. The Morgan fingerprint density at radius 1 is 1.25 bits per heavy atom. The van der Waals surface area contributed by atoms with Crippen LogP contribution in [0.25, 0.3) is 0 Å². The SMILES string of the molecule is CCOc1ccc(N(C)C[C@H](O)CC)cc1. The molecule has 0 spiro atoms. The van der Waals surface area contributed by atoms with E-state index in [-0.39, 0.29) is 6.10 Å². The minimum absolute atomic E-state index is 0.267. The zero-order valence-electron chi connectivity index (χ0n) is 10.3. The van der Waals surface area contributed by atoms with Crippen LogP contribution in [-0.4, -0.2) is 31.4 Å². The lowest BCUT2D eigenvalue weighted by Gasteiger charge is -2.22. The third-order valence-electron chi connectivity index (χ3n) is 2.54. The zero-order valence-corrected chi connectivity index (χ0v) is 10.3. The maximum absolute atomic E-state index is 9.56. The van der Waals surface area contributed by atoms with Crippen LogP contribution in [0.15, 0.2) is 24.3 Å². The van der Waals surface area contributed by atoms with E-state index in [1.165, 1.54) is 0 Å². The van der Waals surface area contributed by atoms with Crippen LogP contribution in [0.5, 0.6) is 5.75 Å². The van der Waals surface area contributed by atoms with Gasteiger partial charge in [-0.25, -0.2) is 0 Å². The molecule has 16 heavy (non-hydrogen) atoms. The third kappa shape index (κ3) is 3.74. The molecule has 1 aromatic carbocycles. The average molecular weight is 223 g/mol. The molecule has 1 N–H and O–H groups in total. The highest BCUT2D eigenvalue weighted by atomic mass is 16.5. The van der Waals surface area contributed by atoms with E-state index in [2.05, 4.69) is 0 Å². The van der Waals surface area contributed by atoms with E-state index in [9.17, 15) is 5.11 Å². The number of nitrogens with zero attached hydrogens (tertiary/aromatic N) is 1. The molecule has 0 heterocycles. The molecule has 1 aromatic rings. The minimum atomic E-state index is -0.267. The molecule has 0 saturated carbocycles. The molecule has 0 fully saturated rings. The van der Waals surface area contributed by atoms with Crippen LogP contribution in [-0.2, 0) is 0 Å². The van der Waals surface area contributed by atoms with Gasteiger partial charge >= 0.3 is 0 Å². The monoisotopic (exact) mass is 223 g/mol. The molecule has 0 aromatic heterocycles. The molecule has 1 rings (SSSR count). The highest BCUT2D eigenvalue weighted by Gasteiger charge is 2.06. The maximum Gasteiger partial charge on any atom is 0.119 e. The molecule has 1 atom stereocenters. The fourth-order valence-electron chi connectivity index (χ4n) is 1.51. The molecule has 0 bridgehead atoms. The molecule has 0 aliphatic heterocycles. The summed E-state index contributed by atoms with van der Waals surface area (Å²) < 4.78 is 5.37. The van der Waals surface area contributed by atoms with E-state index in [0.717, 1.165) is 17.9 Å². The highest BCUT2D eigenvalue weighted by Crippen LogP contribution is 2.18. The smallest absolute Gasteiger partial charge is 0.119 e. The fourth-order valence-corrected chi connectivity index (χ4v) is 1.51. The molecule has 0 saturated heterocycles. The van der Waals surface area contributed by atoms with E-state index >= 15 is 0 Å². The van der Waals surface area contributed by atoms with Gasteiger partial charge in [-0.2, -0.15) is 0 Å². The Bertz CT molecular complexity index is 297. The number of rotatable bonds is 6. The predicted octanol–water partition coefficient (Wildman–Crippen LogP) is 2.29. The van der Waals surface area contributed by atoms with Crippen LogP contribution < -0.4 is 9.64 Å². The van der Waals surface area contributed by atoms with Crippen LogP contribution in [0.4, 0.5) is 5.69 Å². The van der Waals surface area contributed by atoms with Crippen molar-refractivity contribution >= 4 is 5.69 Å². The Labute approximate surface area is 97.7 Å². The van der Waals surface area contributed by atoms with Crippen molar-refractivity contribution in [2.45, 2.75) is 26.4 Å². The predicted molar refractivity (Wildman–Crippen MR) is 67.2 cm³/mol. The summed E-state index contributed by atoms with van der Waals surface area (Å²) in [7, 11) is 1.98. The summed E-state index contributed by atoms with van der Waals surface area (Å²) in [5.41, 5.74) is 1.09. The van der Waals surface area contributed by atoms with Gasteiger partial charge in [-0.15, -0.1) is 0 Å². The summed E-state index contributed by atoms with van der Waals surface area (Å²) in [5.74, 6) is 0.885. The van der Waals surface area contributed by atoms with E-state index in [1.54, 1.807) is 0 Å². The van der Waals surface area contributed by atoms with Crippen LogP contribution in [0.1, 0.15) is 20.3 Å². The van der Waals surface area contributed by atoms with E-state index in [1.807, 2.05) is 50.1 Å². The van der Waals surface area contributed by atoms with Crippen LogP contribution in [0.3, 0.4) is 0 Å². The topological polar surface area (TPSA) is 32.7 Å². The van der Waals surface area contributed by atoms with Crippen molar-refractivity contribution in [1.82, 2.24) is 0 Å². The minimum Gasteiger partial charge on any atom is -0.494 e. The van der Waals surface area contributed by atoms with Gasteiger partial charge in [0.25, 0.3) is 0 Å². The first-order valence-corrected chi connectivity index (χ1v) is 5.79. The number of benzene rings is 1. The third-order valence-corrected chi connectivity index (χ3v) is 2.54. The zero-order chi connectivity index (χ0) is 12.0. The van der Waals surface area contributed by atoms with Crippen molar-refractivity contribution in [3.05, 3.63) is 24.3 Å². The van der Waals surface area contributed by atoms with Gasteiger partial charge in [0.2, 0.25) is 0 Å². The lowest BCUT2D eigenvalue weighted by molar-refractivity contribution is 0.177. The molecule has 0 amide bonds. The first kappa shape index (κ1) is 12.8. The lowest BCUT2D eigenvalue weighted by atomic mass is 10.2. The van der Waals surface area contributed by atoms with E-state index < -0.39 is 0 Å². The van der Waals surface area contributed by atoms with Crippen molar-refractivity contribution in [3.8, 4) is 5.75 Å². The van der Waals surface area contributed by atoms with Gasteiger partial charge in [-0.3, -0.25) is 0 Å². The second-order valence-electron chi connectivity index (χ2n) is 3.87. The number of aliphatic hydroxyl groups excluding tert-OH is 1. The Morgan fingerprint density at radius 2 is 1.88 bits per heavy atom. The largest absolute Gasteiger partial charge is 0.494 e. The van der Waals surface area contributed by atoms with Crippen LogP contribution in [0, 0.1) is 0 Å². The van der Waals surface area contributed by atoms with E-state index in [4.69, 9.17) is 4.74 Å². The number of aliphatic hydroxyl groups is 1. The standard InChI is InChI=1S/C13H21NO2/c1-4-12(15)10-14(3)11-6-8-13(9-7-11)16-5-2/h6-9,12,15H,4-5,10H2,1-3H3/t12-/m1/s1. The fraction of sp³-hybridized carbons (Fsp3) is 0.538. The molecule has 0 aliphatic rings. The summed E-state index contributed by atoms with van der Waals surface area (Å²) in [6.07, 6.45) is 0.512. The van der Waals surface area contributed by atoms with Crippen molar-refractivity contribution in [2.75, 3.05) is 25.1 Å². The van der Waals surface area contributed by atoms with Gasteiger partial charge in [0, 0.05) is 19.3 Å². The number of hydrogen-bond acceptors (Lipinski definition) is 3. The molecular weight excluding hydrogens is 202 g/mol. The van der Waals surface area contributed by atoms with Crippen molar-refractivity contribution in [2.24, 2.45) is 0 Å². The number of anilines is 1. The van der Waals surface area contributed by atoms with Crippen molar-refractivity contribution in [1.29, 1.82) is 0 Å². The van der Waals surface area contributed by atoms with Gasteiger partial charge in [-0.05, 0) is 37.6 Å². The van der Waals surface area contributed by atoms with Gasteiger partial charge in [0.1, 0.15) is 5.75 Å². The average Bonchev–Trinajstić information content (AvgIpc) is 2.30.